The van der Waals surface area contributed by atoms with E-state index >= 15 is 0 Å². The number of nitrogens with zero attached hydrogens (tertiary/aromatic N) is 1. The van der Waals surface area contributed by atoms with Crippen LogP contribution in [0.3, 0.4) is 0 Å². The summed E-state index contributed by atoms with van der Waals surface area (Å²) in [5, 5.41) is 0. The summed E-state index contributed by atoms with van der Waals surface area (Å²) in [6.07, 6.45) is -0.0165. The number of hydrogen-bond acceptors (Lipinski definition) is 2. The predicted octanol–water partition coefficient (Wildman–Crippen LogP) is 3.67. The topological polar surface area (TPSA) is 29.4 Å². The number of carbonyl (C=O) groups excluding carboxylic acids is 1. The van der Waals surface area contributed by atoms with Gasteiger partial charge in [-0.3, -0.25) is 9.79 Å². The van der Waals surface area contributed by atoms with Crippen molar-refractivity contribution >= 4 is 17.2 Å². The van der Waals surface area contributed by atoms with Crippen molar-refractivity contribution in [2.24, 2.45) is 4.99 Å². The average Bonchev–Trinajstić information content (AvgIpc) is 2.40. The molecule has 0 spiro atoms. The van der Waals surface area contributed by atoms with E-state index < -0.39 is 11.6 Å². The minimum atomic E-state index is -0.475. The first-order valence-corrected chi connectivity index (χ1v) is 5.80. The van der Waals surface area contributed by atoms with Crippen molar-refractivity contribution in [3.8, 4) is 0 Å². The third-order valence-corrected chi connectivity index (χ3v) is 3.03. The number of Topliss-reactive ketones (excluding diaryl/α,β-unsaturated/α-hetero) is 1. The number of benzene rings is 2. The van der Waals surface area contributed by atoms with Crippen molar-refractivity contribution < 1.29 is 13.6 Å². The lowest BCUT2D eigenvalue weighted by molar-refractivity contribution is 0.0999. The molecule has 4 heteroatoms. The van der Waals surface area contributed by atoms with Gasteiger partial charge in [0, 0.05) is 11.1 Å². The van der Waals surface area contributed by atoms with Gasteiger partial charge in [0.15, 0.2) is 5.78 Å². The molecule has 1 aliphatic rings. The van der Waals surface area contributed by atoms with Crippen LogP contribution >= 0.6 is 0 Å². The second kappa shape index (κ2) is 4.39. The van der Waals surface area contributed by atoms with Crippen molar-refractivity contribution in [1.29, 1.82) is 0 Å². The maximum absolute atomic E-state index is 13.7. The standard InChI is InChI=1S/C15H9F2NO/c16-9-5-6-13-11(7-9)15(19)8-14(18-13)10-3-1-2-4-12(10)17/h1-7H,8H2. The fourth-order valence-corrected chi connectivity index (χ4v) is 2.11. The summed E-state index contributed by atoms with van der Waals surface area (Å²) in [7, 11) is 0. The molecule has 94 valence electrons. The third kappa shape index (κ3) is 2.05. The van der Waals surface area contributed by atoms with Gasteiger partial charge in [-0.15, -0.1) is 0 Å². The van der Waals surface area contributed by atoms with Crippen LogP contribution in [0.2, 0.25) is 0 Å². The first kappa shape index (κ1) is 11.7. The largest absolute Gasteiger partial charge is 0.294 e. The van der Waals surface area contributed by atoms with Crippen molar-refractivity contribution in [3.63, 3.8) is 0 Å². The zero-order valence-corrected chi connectivity index (χ0v) is 9.86. The molecule has 0 aromatic heterocycles. The highest BCUT2D eigenvalue weighted by molar-refractivity contribution is 6.20. The van der Waals surface area contributed by atoms with Crippen LogP contribution in [0.25, 0.3) is 0 Å². The van der Waals surface area contributed by atoms with Crippen LogP contribution in [-0.4, -0.2) is 11.5 Å². The number of fused-ring (bicyclic) bond motifs is 1. The van der Waals surface area contributed by atoms with Crippen molar-refractivity contribution in [3.05, 3.63) is 65.2 Å². The monoisotopic (exact) mass is 257 g/mol. The summed E-state index contributed by atoms with van der Waals surface area (Å²) in [4.78, 5) is 16.2. The number of halogens is 2. The van der Waals surface area contributed by atoms with Crippen molar-refractivity contribution in [2.75, 3.05) is 0 Å². The Morgan fingerprint density at radius 3 is 2.58 bits per heavy atom. The summed E-state index contributed by atoms with van der Waals surface area (Å²) in [5.74, 6) is -1.14. The number of rotatable bonds is 1. The Bertz CT molecular complexity index is 707. The SMILES string of the molecule is O=C1CC(c2ccccc2F)=Nc2ccc(F)cc21. The Labute approximate surface area is 108 Å². The maximum atomic E-state index is 13.7. The first-order valence-electron chi connectivity index (χ1n) is 5.80. The molecule has 19 heavy (non-hydrogen) atoms. The van der Waals surface area contributed by atoms with Crippen LogP contribution in [0, 0.1) is 11.6 Å². The number of hydrogen-bond donors (Lipinski definition) is 0. The normalized spacial score (nSPS) is 14.0. The number of ketones is 1. The highest BCUT2D eigenvalue weighted by Crippen LogP contribution is 2.28. The van der Waals surface area contributed by atoms with Crippen molar-refractivity contribution in [2.45, 2.75) is 6.42 Å². The van der Waals surface area contributed by atoms with Crippen LogP contribution in [0.15, 0.2) is 47.5 Å². The summed E-state index contributed by atoms with van der Waals surface area (Å²) in [5.41, 5.74) is 1.32. The summed E-state index contributed by atoms with van der Waals surface area (Å²) in [6.45, 7) is 0. The van der Waals surface area contributed by atoms with Gasteiger partial charge in [0.1, 0.15) is 11.6 Å². The Kier molecular flexibility index (Phi) is 2.71. The second-order valence-electron chi connectivity index (χ2n) is 4.30. The maximum Gasteiger partial charge on any atom is 0.171 e. The molecule has 2 aromatic rings. The molecule has 0 aliphatic carbocycles. The van der Waals surface area contributed by atoms with Crippen LogP contribution in [-0.2, 0) is 0 Å². The van der Waals surface area contributed by atoms with Gasteiger partial charge in [-0.25, -0.2) is 8.78 Å². The van der Waals surface area contributed by atoms with E-state index in [9.17, 15) is 13.6 Å². The lowest BCUT2D eigenvalue weighted by Gasteiger charge is -2.15. The summed E-state index contributed by atoms with van der Waals surface area (Å²) >= 11 is 0. The van der Waals surface area contributed by atoms with Crippen LogP contribution in [0.1, 0.15) is 22.3 Å². The molecule has 0 N–H and O–H groups in total. The van der Waals surface area contributed by atoms with Crippen molar-refractivity contribution in [1.82, 2.24) is 0 Å². The van der Waals surface area contributed by atoms with Gasteiger partial charge in [-0.05, 0) is 24.3 Å². The van der Waals surface area contributed by atoms with Gasteiger partial charge in [0.25, 0.3) is 0 Å². The van der Waals surface area contributed by atoms with E-state index in [1.807, 2.05) is 0 Å². The smallest absolute Gasteiger partial charge is 0.171 e. The Morgan fingerprint density at radius 1 is 1.00 bits per heavy atom. The van der Waals surface area contributed by atoms with E-state index in [0.29, 0.717) is 17.0 Å². The van der Waals surface area contributed by atoms with E-state index in [-0.39, 0.29) is 17.8 Å². The summed E-state index contributed by atoms with van der Waals surface area (Å²) in [6, 6.07) is 10.00. The van der Waals surface area contributed by atoms with Gasteiger partial charge in [0.05, 0.1) is 17.8 Å². The van der Waals surface area contributed by atoms with E-state index in [1.165, 1.54) is 24.3 Å². The fourth-order valence-electron chi connectivity index (χ4n) is 2.11. The molecular formula is C15H9F2NO. The van der Waals surface area contributed by atoms with Crippen LogP contribution in [0.4, 0.5) is 14.5 Å². The molecule has 0 radical (unpaired) electrons. The number of aliphatic imine (C=N–C) groups is 1. The molecule has 3 rings (SSSR count). The second-order valence-corrected chi connectivity index (χ2v) is 4.30. The van der Waals surface area contributed by atoms with Gasteiger partial charge in [-0.2, -0.15) is 0 Å². The van der Waals surface area contributed by atoms with Gasteiger partial charge < -0.3 is 0 Å². The van der Waals surface area contributed by atoms with Crippen LogP contribution in [0.5, 0.6) is 0 Å². The quantitative estimate of drug-likeness (QED) is 0.766. The molecule has 0 fully saturated rings. The molecule has 0 saturated carbocycles. The Hall–Kier alpha value is -2.36. The molecule has 1 aliphatic heterocycles. The lowest BCUT2D eigenvalue weighted by atomic mass is 9.96. The zero-order chi connectivity index (χ0) is 13.4. The molecule has 1 heterocycles. The number of carbonyl (C=O) groups is 1. The molecule has 0 atom stereocenters. The first-order chi connectivity index (χ1) is 9.15. The molecule has 2 nitrogen and oxygen atoms in total. The molecule has 2 aromatic carbocycles. The Balaban J connectivity index is 2.14. The lowest BCUT2D eigenvalue weighted by Crippen LogP contribution is -2.15. The zero-order valence-electron chi connectivity index (χ0n) is 9.86. The third-order valence-electron chi connectivity index (χ3n) is 3.03. The van der Waals surface area contributed by atoms with E-state index in [4.69, 9.17) is 0 Å². The fraction of sp³-hybridized carbons (Fsp3) is 0.0667. The van der Waals surface area contributed by atoms with E-state index in [1.54, 1.807) is 18.2 Å². The highest BCUT2D eigenvalue weighted by atomic mass is 19.1. The molecular weight excluding hydrogens is 248 g/mol. The molecule has 0 unspecified atom stereocenters. The Morgan fingerprint density at radius 2 is 1.79 bits per heavy atom. The minimum absolute atomic E-state index is 0.0165. The van der Waals surface area contributed by atoms with E-state index in [0.717, 1.165) is 0 Å². The van der Waals surface area contributed by atoms with Gasteiger partial charge in [0.2, 0.25) is 0 Å². The predicted molar refractivity (Wildman–Crippen MR) is 67.9 cm³/mol. The average molecular weight is 257 g/mol. The molecule has 0 bridgehead atoms. The van der Waals surface area contributed by atoms with Gasteiger partial charge in [-0.1, -0.05) is 18.2 Å². The minimum Gasteiger partial charge on any atom is -0.294 e. The van der Waals surface area contributed by atoms with E-state index in [2.05, 4.69) is 4.99 Å². The van der Waals surface area contributed by atoms with Gasteiger partial charge >= 0.3 is 0 Å². The molecule has 0 saturated heterocycles. The molecule has 0 amide bonds. The summed E-state index contributed by atoms with van der Waals surface area (Å²) < 4.78 is 26.8. The highest BCUT2D eigenvalue weighted by Gasteiger charge is 2.22. The van der Waals surface area contributed by atoms with Crippen LogP contribution < -0.4 is 0 Å².